The SMILES string of the molecule is Cc1cc(C(=O)N[C@@H]2C=CS(=O)(=O)C2)c(NC(=O)C(C)(C)C)s1. The first-order valence-electron chi connectivity index (χ1n) is 7.12. The number of carbonyl (C=O) groups excluding carboxylic acids is 2. The smallest absolute Gasteiger partial charge is 0.254 e. The van der Waals surface area contributed by atoms with E-state index in [9.17, 15) is 18.0 Å². The maximum absolute atomic E-state index is 12.4. The number of anilines is 1. The average Bonchev–Trinajstić information content (AvgIpc) is 2.91. The van der Waals surface area contributed by atoms with Gasteiger partial charge in [0.2, 0.25) is 5.91 Å². The Kier molecular flexibility index (Phi) is 4.68. The monoisotopic (exact) mass is 356 g/mol. The summed E-state index contributed by atoms with van der Waals surface area (Å²) in [5, 5.41) is 7.03. The number of carbonyl (C=O) groups is 2. The van der Waals surface area contributed by atoms with Crippen molar-refractivity contribution in [3.63, 3.8) is 0 Å². The van der Waals surface area contributed by atoms with Crippen molar-refractivity contribution in [2.75, 3.05) is 11.1 Å². The Bertz CT molecular complexity index is 770. The lowest BCUT2D eigenvalue weighted by atomic mass is 9.96. The van der Waals surface area contributed by atoms with E-state index in [1.807, 2.05) is 6.92 Å². The van der Waals surface area contributed by atoms with Crippen LogP contribution in [-0.2, 0) is 14.6 Å². The second-order valence-electron chi connectivity index (χ2n) is 6.54. The fourth-order valence-electron chi connectivity index (χ4n) is 1.98. The molecule has 8 heteroatoms. The molecule has 0 saturated carbocycles. The predicted octanol–water partition coefficient (Wildman–Crippen LogP) is 2.08. The normalized spacial score (nSPS) is 19.6. The highest BCUT2D eigenvalue weighted by Crippen LogP contribution is 2.29. The van der Waals surface area contributed by atoms with E-state index < -0.39 is 27.2 Å². The molecule has 1 aliphatic rings. The molecule has 0 spiro atoms. The molecule has 0 saturated heterocycles. The van der Waals surface area contributed by atoms with Gasteiger partial charge in [-0.15, -0.1) is 11.3 Å². The van der Waals surface area contributed by atoms with Crippen LogP contribution in [0, 0.1) is 12.3 Å². The van der Waals surface area contributed by atoms with Crippen LogP contribution in [0.5, 0.6) is 0 Å². The van der Waals surface area contributed by atoms with E-state index in [1.54, 1.807) is 26.8 Å². The summed E-state index contributed by atoms with van der Waals surface area (Å²) in [4.78, 5) is 25.4. The molecule has 0 fully saturated rings. The Balaban J connectivity index is 2.15. The highest BCUT2D eigenvalue weighted by atomic mass is 32.2. The third kappa shape index (κ3) is 4.42. The summed E-state index contributed by atoms with van der Waals surface area (Å²) in [7, 11) is -3.23. The molecular weight excluding hydrogens is 336 g/mol. The summed E-state index contributed by atoms with van der Waals surface area (Å²) in [5.74, 6) is -0.715. The van der Waals surface area contributed by atoms with Gasteiger partial charge in [0, 0.05) is 15.7 Å². The minimum Gasteiger partial charge on any atom is -0.345 e. The fraction of sp³-hybridized carbons (Fsp3) is 0.467. The van der Waals surface area contributed by atoms with Crippen molar-refractivity contribution < 1.29 is 18.0 Å². The number of rotatable bonds is 3. The van der Waals surface area contributed by atoms with Gasteiger partial charge < -0.3 is 10.6 Å². The molecule has 0 aliphatic carbocycles. The van der Waals surface area contributed by atoms with Crippen molar-refractivity contribution in [2.24, 2.45) is 5.41 Å². The van der Waals surface area contributed by atoms with E-state index in [0.717, 1.165) is 10.3 Å². The maximum atomic E-state index is 12.4. The van der Waals surface area contributed by atoms with Crippen LogP contribution in [0.4, 0.5) is 5.00 Å². The van der Waals surface area contributed by atoms with Gasteiger partial charge in [0.05, 0.1) is 17.4 Å². The van der Waals surface area contributed by atoms with Gasteiger partial charge in [-0.1, -0.05) is 20.8 Å². The number of nitrogens with one attached hydrogen (secondary N) is 2. The molecule has 0 radical (unpaired) electrons. The Hall–Kier alpha value is -1.67. The van der Waals surface area contributed by atoms with Crippen molar-refractivity contribution in [1.82, 2.24) is 5.32 Å². The standard InChI is InChI=1S/C15H20N2O4S2/c1-9-7-11(13(22-9)17-14(19)15(2,3)4)12(18)16-10-5-6-23(20,21)8-10/h5-7,10H,8H2,1-4H3,(H,16,18)(H,17,19)/t10-/m1/s1. The zero-order valence-electron chi connectivity index (χ0n) is 13.5. The van der Waals surface area contributed by atoms with Crippen molar-refractivity contribution in [1.29, 1.82) is 0 Å². The Labute approximate surface area is 139 Å². The second-order valence-corrected chi connectivity index (χ2v) is 9.73. The third-order valence-corrected chi connectivity index (χ3v) is 5.62. The quantitative estimate of drug-likeness (QED) is 0.867. The molecule has 0 aromatic carbocycles. The summed E-state index contributed by atoms with van der Waals surface area (Å²) in [6, 6.07) is 1.14. The van der Waals surface area contributed by atoms with Crippen molar-refractivity contribution in [3.8, 4) is 0 Å². The summed E-state index contributed by atoms with van der Waals surface area (Å²) in [6.07, 6.45) is 1.46. The van der Waals surface area contributed by atoms with Gasteiger partial charge >= 0.3 is 0 Å². The molecule has 23 heavy (non-hydrogen) atoms. The highest BCUT2D eigenvalue weighted by Gasteiger charge is 2.27. The minimum absolute atomic E-state index is 0.133. The second kappa shape index (κ2) is 6.09. The number of amides is 2. The number of aryl methyl sites for hydroxylation is 1. The molecule has 126 valence electrons. The number of hydrogen-bond acceptors (Lipinski definition) is 5. The molecule has 1 aromatic rings. The molecule has 2 amide bonds. The van der Waals surface area contributed by atoms with Gasteiger partial charge in [0.25, 0.3) is 5.91 Å². The van der Waals surface area contributed by atoms with E-state index in [0.29, 0.717) is 10.6 Å². The topological polar surface area (TPSA) is 92.3 Å². The molecule has 0 unspecified atom stereocenters. The third-order valence-electron chi connectivity index (χ3n) is 3.25. The Morgan fingerprint density at radius 1 is 1.30 bits per heavy atom. The Morgan fingerprint density at radius 3 is 2.48 bits per heavy atom. The van der Waals surface area contributed by atoms with Gasteiger partial charge in [0.15, 0.2) is 9.84 Å². The number of thiophene rings is 1. The van der Waals surface area contributed by atoms with E-state index in [2.05, 4.69) is 10.6 Å². The highest BCUT2D eigenvalue weighted by molar-refractivity contribution is 7.94. The lowest BCUT2D eigenvalue weighted by molar-refractivity contribution is -0.123. The lowest BCUT2D eigenvalue weighted by Gasteiger charge is -2.18. The largest absolute Gasteiger partial charge is 0.345 e. The van der Waals surface area contributed by atoms with Gasteiger partial charge in [-0.3, -0.25) is 9.59 Å². The van der Waals surface area contributed by atoms with Crippen LogP contribution < -0.4 is 10.6 Å². The van der Waals surface area contributed by atoms with E-state index >= 15 is 0 Å². The van der Waals surface area contributed by atoms with Crippen molar-refractivity contribution in [3.05, 3.63) is 28.0 Å². The summed E-state index contributed by atoms with van der Waals surface area (Å²) >= 11 is 1.32. The number of sulfone groups is 1. The average molecular weight is 356 g/mol. The minimum atomic E-state index is -3.23. The first-order valence-corrected chi connectivity index (χ1v) is 9.65. The van der Waals surface area contributed by atoms with Crippen LogP contribution in [0.1, 0.15) is 36.0 Å². The molecule has 0 bridgehead atoms. The summed E-state index contributed by atoms with van der Waals surface area (Å²) < 4.78 is 22.8. The van der Waals surface area contributed by atoms with E-state index in [1.165, 1.54) is 17.4 Å². The molecule has 1 atom stereocenters. The Morgan fingerprint density at radius 2 is 1.96 bits per heavy atom. The van der Waals surface area contributed by atoms with E-state index in [4.69, 9.17) is 0 Å². The maximum Gasteiger partial charge on any atom is 0.254 e. The van der Waals surface area contributed by atoms with Crippen LogP contribution in [0.3, 0.4) is 0 Å². The van der Waals surface area contributed by atoms with E-state index in [-0.39, 0.29) is 11.7 Å². The van der Waals surface area contributed by atoms with Gasteiger partial charge in [-0.2, -0.15) is 0 Å². The number of hydrogen-bond donors (Lipinski definition) is 2. The van der Waals surface area contributed by atoms with Crippen LogP contribution in [0.25, 0.3) is 0 Å². The summed E-state index contributed by atoms with van der Waals surface area (Å²) in [6.45, 7) is 7.21. The molecule has 2 rings (SSSR count). The zero-order valence-corrected chi connectivity index (χ0v) is 15.1. The van der Waals surface area contributed by atoms with Gasteiger partial charge in [0.1, 0.15) is 5.00 Å². The van der Waals surface area contributed by atoms with Gasteiger partial charge in [-0.05, 0) is 19.1 Å². The molecule has 2 N–H and O–H groups in total. The molecule has 1 aromatic heterocycles. The molecular formula is C15H20N2O4S2. The van der Waals surface area contributed by atoms with Crippen LogP contribution in [0.2, 0.25) is 0 Å². The lowest BCUT2D eigenvalue weighted by Crippen LogP contribution is -2.36. The molecule has 6 nitrogen and oxygen atoms in total. The van der Waals surface area contributed by atoms with Crippen LogP contribution >= 0.6 is 11.3 Å². The van der Waals surface area contributed by atoms with Gasteiger partial charge in [-0.25, -0.2) is 8.42 Å². The fourth-order valence-corrected chi connectivity index (χ4v) is 4.12. The molecule has 1 aliphatic heterocycles. The zero-order chi connectivity index (χ0) is 17.4. The first-order chi connectivity index (χ1) is 10.5. The van der Waals surface area contributed by atoms with Crippen LogP contribution in [-0.4, -0.2) is 32.0 Å². The van der Waals surface area contributed by atoms with Crippen molar-refractivity contribution >= 4 is 38.0 Å². The summed E-state index contributed by atoms with van der Waals surface area (Å²) in [5.41, 5.74) is -0.226. The predicted molar refractivity (Wildman–Crippen MR) is 91.3 cm³/mol. The van der Waals surface area contributed by atoms with Crippen LogP contribution in [0.15, 0.2) is 17.6 Å². The molecule has 2 heterocycles. The first kappa shape index (κ1) is 17.7. The van der Waals surface area contributed by atoms with Crippen molar-refractivity contribution in [2.45, 2.75) is 33.7 Å².